The molecule has 5 heteroatoms. The van der Waals surface area contributed by atoms with Crippen LogP contribution in [-0.4, -0.2) is 21.8 Å². The van der Waals surface area contributed by atoms with Gasteiger partial charge in [0.1, 0.15) is 10.1 Å². The van der Waals surface area contributed by atoms with Gasteiger partial charge in [-0.25, -0.2) is 4.98 Å². The number of nitrogens with zero attached hydrogens (tertiary/aromatic N) is 3. The third-order valence-electron chi connectivity index (χ3n) is 2.86. The standard InChI is InChI=1S/C13H18N4S/c1-9-8-12(17(4)16-9)18-13-11(10(2)14-3)6-5-7-15-13/h5-8,10,14H,1-4H3. The van der Waals surface area contributed by atoms with E-state index in [-0.39, 0.29) is 6.04 Å². The van der Waals surface area contributed by atoms with Gasteiger partial charge in [0.2, 0.25) is 0 Å². The number of pyridine rings is 1. The number of rotatable bonds is 4. The van der Waals surface area contributed by atoms with Crippen molar-refractivity contribution in [1.29, 1.82) is 0 Å². The van der Waals surface area contributed by atoms with Gasteiger partial charge in [0.05, 0.1) is 5.69 Å². The summed E-state index contributed by atoms with van der Waals surface area (Å²) >= 11 is 1.65. The third kappa shape index (κ3) is 2.73. The van der Waals surface area contributed by atoms with Crippen molar-refractivity contribution in [2.24, 2.45) is 7.05 Å². The van der Waals surface area contributed by atoms with Crippen molar-refractivity contribution in [1.82, 2.24) is 20.1 Å². The van der Waals surface area contributed by atoms with E-state index in [2.05, 4.69) is 34.5 Å². The summed E-state index contributed by atoms with van der Waals surface area (Å²) in [5, 5.41) is 9.74. The fraction of sp³-hybridized carbons (Fsp3) is 0.385. The first kappa shape index (κ1) is 13.1. The van der Waals surface area contributed by atoms with E-state index in [1.807, 2.05) is 38.0 Å². The molecular formula is C13H18N4S. The summed E-state index contributed by atoms with van der Waals surface area (Å²) in [5.41, 5.74) is 2.24. The van der Waals surface area contributed by atoms with Gasteiger partial charge in [-0.15, -0.1) is 0 Å². The highest BCUT2D eigenvalue weighted by Crippen LogP contribution is 2.31. The van der Waals surface area contributed by atoms with Gasteiger partial charge in [0.15, 0.2) is 0 Å². The molecule has 0 spiro atoms. The summed E-state index contributed by atoms with van der Waals surface area (Å²) in [6.07, 6.45) is 1.83. The molecule has 0 saturated heterocycles. The lowest BCUT2D eigenvalue weighted by Crippen LogP contribution is -2.13. The second-order valence-corrected chi connectivity index (χ2v) is 5.27. The van der Waals surface area contributed by atoms with Crippen LogP contribution in [0.15, 0.2) is 34.4 Å². The van der Waals surface area contributed by atoms with Crippen molar-refractivity contribution in [2.45, 2.75) is 29.9 Å². The maximum Gasteiger partial charge on any atom is 0.107 e. The lowest BCUT2D eigenvalue weighted by Gasteiger charge is -2.14. The highest BCUT2D eigenvalue weighted by molar-refractivity contribution is 7.99. The van der Waals surface area contributed by atoms with Crippen LogP contribution in [0, 0.1) is 6.92 Å². The third-order valence-corrected chi connectivity index (χ3v) is 3.99. The molecule has 0 aliphatic heterocycles. The Morgan fingerprint density at radius 3 is 2.83 bits per heavy atom. The molecule has 0 fully saturated rings. The van der Waals surface area contributed by atoms with Crippen LogP contribution >= 0.6 is 11.8 Å². The van der Waals surface area contributed by atoms with E-state index in [4.69, 9.17) is 0 Å². The highest BCUT2D eigenvalue weighted by Gasteiger charge is 2.12. The molecule has 1 N–H and O–H groups in total. The molecule has 0 amide bonds. The van der Waals surface area contributed by atoms with Crippen LogP contribution in [0.5, 0.6) is 0 Å². The number of hydrogen-bond donors (Lipinski definition) is 1. The van der Waals surface area contributed by atoms with Gasteiger partial charge >= 0.3 is 0 Å². The minimum absolute atomic E-state index is 0.288. The Balaban J connectivity index is 2.31. The first-order chi connectivity index (χ1) is 8.61. The van der Waals surface area contributed by atoms with E-state index in [0.717, 1.165) is 15.7 Å². The van der Waals surface area contributed by atoms with Crippen LogP contribution in [0.25, 0.3) is 0 Å². The van der Waals surface area contributed by atoms with Crippen LogP contribution in [0.4, 0.5) is 0 Å². The zero-order chi connectivity index (χ0) is 13.1. The second-order valence-electron chi connectivity index (χ2n) is 4.26. The molecule has 0 aliphatic carbocycles. The van der Waals surface area contributed by atoms with Crippen LogP contribution in [-0.2, 0) is 7.05 Å². The van der Waals surface area contributed by atoms with Crippen molar-refractivity contribution < 1.29 is 0 Å². The van der Waals surface area contributed by atoms with Crippen molar-refractivity contribution in [3.05, 3.63) is 35.7 Å². The van der Waals surface area contributed by atoms with Gasteiger partial charge in [0, 0.05) is 24.8 Å². The molecule has 2 aromatic heterocycles. The van der Waals surface area contributed by atoms with Crippen molar-refractivity contribution in [3.8, 4) is 0 Å². The summed E-state index contributed by atoms with van der Waals surface area (Å²) in [6.45, 7) is 4.13. The molecule has 1 unspecified atom stereocenters. The molecule has 2 heterocycles. The average Bonchev–Trinajstić information content (AvgIpc) is 2.67. The average molecular weight is 262 g/mol. The van der Waals surface area contributed by atoms with E-state index in [9.17, 15) is 0 Å². The lowest BCUT2D eigenvalue weighted by molar-refractivity contribution is 0.633. The Hall–Kier alpha value is -1.33. The van der Waals surface area contributed by atoms with Crippen LogP contribution in [0.1, 0.15) is 24.2 Å². The lowest BCUT2D eigenvalue weighted by atomic mass is 10.1. The predicted molar refractivity (Wildman–Crippen MR) is 73.8 cm³/mol. The minimum Gasteiger partial charge on any atom is -0.313 e. The molecule has 0 aliphatic rings. The zero-order valence-corrected chi connectivity index (χ0v) is 12.0. The fourth-order valence-corrected chi connectivity index (χ4v) is 2.83. The molecule has 4 nitrogen and oxygen atoms in total. The summed E-state index contributed by atoms with van der Waals surface area (Å²) in [6, 6.07) is 6.45. The van der Waals surface area contributed by atoms with Gasteiger partial charge < -0.3 is 5.32 Å². The summed E-state index contributed by atoms with van der Waals surface area (Å²) in [5.74, 6) is 0. The van der Waals surface area contributed by atoms with E-state index in [1.165, 1.54) is 5.56 Å². The molecule has 2 rings (SSSR count). The normalized spacial score (nSPS) is 12.7. The first-order valence-corrected chi connectivity index (χ1v) is 6.74. The SMILES string of the molecule is CNC(C)c1cccnc1Sc1cc(C)nn1C. The largest absolute Gasteiger partial charge is 0.313 e. The summed E-state index contributed by atoms with van der Waals surface area (Å²) in [7, 11) is 3.92. The van der Waals surface area contributed by atoms with Gasteiger partial charge in [-0.2, -0.15) is 5.10 Å². The topological polar surface area (TPSA) is 42.7 Å². The summed E-state index contributed by atoms with van der Waals surface area (Å²) < 4.78 is 1.89. The van der Waals surface area contributed by atoms with Crippen molar-refractivity contribution in [2.75, 3.05) is 7.05 Å². The maximum absolute atomic E-state index is 4.48. The van der Waals surface area contributed by atoms with Gasteiger partial charge in [-0.3, -0.25) is 4.68 Å². The Kier molecular flexibility index (Phi) is 4.04. The number of nitrogens with one attached hydrogen (secondary N) is 1. The fourth-order valence-electron chi connectivity index (χ4n) is 1.76. The molecule has 1 atom stereocenters. The maximum atomic E-state index is 4.48. The van der Waals surface area contributed by atoms with E-state index < -0.39 is 0 Å². The van der Waals surface area contributed by atoms with Crippen LogP contribution in [0.2, 0.25) is 0 Å². The van der Waals surface area contributed by atoms with E-state index >= 15 is 0 Å². The molecule has 2 aromatic rings. The van der Waals surface area contributed by atoms with Crippen LogP contribution < -0.4 is 5.32 Å². The number of aromatic nitrogens is 3. The Morgan fingerprint density at radius 2 is 2.22 bits per heavy atom. The Morgan fingerprint density at radius 1 is 1.44 bits per heavy atom. The minimum atomic E-state index is 0.288. The molecular weight excluding hydrogens is 244 g/mol. The number of hydrogen-bond acceptors (Lipinski definition) is 4. The summed E-state index contributed by atoms with van der Waals surface area (Å²) in [4.78, 5) is 4.48. The Labute approximate surface area is 112 Å². The zero-order valence-electron chi connectivity index (χ0n) is 11.1. The molecule has 96 valence electrons. The van der Waals surface area contributed by atoms with Crippen molar-refractivity contribution >= 4 is 11.8 Å². The van der Waals surface area contributed by atoms with Gasteiger partial charge in [-0.1, -0.05) is 17.8 Å². The van der Waals surface area contributed by atoms with Crippen LogP contribution in [0.3, 0.4) is 0 Å². The van der Waals surface area contributed by atoms with Gasteiger partial charge in [0.25, 0.3) is 0 Å². The molecule has 0 bridgehead atoms. The molecule has 0 radical (unpaired) electrons. The molecule has 0 aromatic carbocycles. The highest BCUT2D eigenvalue weighted by atomic mass is 32.2. The monoisotopic (exact) mass is 262 g/mol. The molecule has 0 saturated carbocycles. The first-order valence-electron chi connectivity index (χ1n) is 5.92. The second kappa shape index (κ2) is 5.54. The predicted octanol–water partition coefficient (Wildman–Crippen LogP) is 2.56. The Bertz CT molecular complexity index is 536. The number of aryl methyl sites for hydroxylation is 2. The van der Waals surface area contributed by atoms with E-state index in [1.54, 1.807) is 11.8 Å². The quantitative estimate of drug-likeness (QED) is 0.919. The molecule has 18 heavy (non-hydrogen) atoms. The smallest absolute Gasteiger partial charge is 0.107 e. The van der Waals surface area contributed by atoms with Gasteiger partial charge in [-0.05, 0) is 33.0 Å². The van der Waals surface area contributed by atoms with E-state index in [0.29, 0.717) is 0 Å². The van der Waals surface area contributed by atoms with Crippen molar-refractivity contribution in [3.63, 3.8) is 0 Å².